The van der Waals surface area contributed by atoms with Gasteiger partial charge in [-0.15, -0.1) is 0 Å². The van der Waals surface area contributed by atoms with Gasteiger partial charge in [-0.3, -0.25) is 4.90 Å². The summed E-state index contributed by atoms with van der Waals surface area (Å²) in [5, 5.41) is 9.56. The molecule has 15 heavy (non-hydrogen) atoms. The molecule has 1 aliphatic rings. The smallest absolute Gasteiger partial charge is 0.0664 e. The first-order valence-corrected chi connectivity index (χ1v) is 5.95. The van der Waals surface area contributed by atoms with E-state index in [4.69, 9.17) is 0 Å². The zero-order valence-electron chi connectivity index (χ0n) is 10.8. The normalized spacial score (nSPS) is 24.0. The summed E-state index contributed by atoms with van der Waals surface area (Å²) >= 11 is 0. The molecule has 0 bridgehead atoms. The van der Waals surface area contributed by atoms with Crippen molar-refractivity contribution >= 4 is 0 Å². The van der Waals surface area contributed by atoms with E-state index >= 15 is 0 Å². The van der Waals surface area contributed by atoms with Crippen molar-refractivity contribution in [2.75, 3.05) is 27.7 Å². The maximum absolute atomic E-state index is 9.56. The van der Waals surface area contributed by atoms with Gasteiger partial charge in [-0.1, -0.05) is 0 Å². The molecule has 2 unspecified atom stereocenters. The molecule has 3 nitrogen and oxygen atoms in total. The number of aliphatic hydroxyl groups excluding tert-OH is 1. The van der Waals surface area contributed by atoms with E-state index in [2.05, 4.69) is 37.9 Å². The van der Waals surface area contributed by atoms with Crippen LogP contribution in [0.2, 0.25) is 0 Å². The molecule has 1 fully saturated rings. The molecule has 1 aliphatic carbocycles. The van der Waals surface area contributed by atoms with E-state index in [1.165, 1.54) is 19.3 Å². The van der Waals surface area contributed by atoms with Crippen LogP contribution in [0.4, 0.5) is 0 Å². The van der Waals surface area contributed by atoms with Crippen LogP contribution >= 0.6 is 0 Å². The third kappa shape index (κ3) is 2.71. The van der Waals surface area contributed by atoms with Crippen molar-refractivity contribution in [3.63, 3.8) is 0 Å². The molecule has 1 N–H and O–H groups in total. The molecule has 0 radical (unpaired) electrons. The largest absolute Gasteiger partial charge is 0.392 e. The molecule has 90 valence electrons. The molecule has 0 aromatic rings. The fraction of sp³-hybridized carbons (Fsp3) is 1.00. The van der Waals surface area contributed by atoms with Gasteiger partial charge in [0.05, 0.1) is 6.10 Å². The Kier molecular flexibility index (Phi) is 4.15. The first kappa shape index (κ1) is 12.9. The highest BCUT2D eigenvalue weighted by atomic mass is 16.3. The van der Waals surface area contributed by atoms with Crippen LogP contribution in [0.5, 0.6) is 0 Å². The van der Waals surface area contributed by atoms with Gasteiger partial charge in [0.2, 0.25) is 0 Å². The fourth-order valence-corrected chi connectivity index (χ4v) is 2.31. The zero-order valence-corrected chi connectivity index (χ0v) is 10.8. The van der Waals surface area contributed by atoms with Crippen molar-refractivity contribution in [1.82, 2.24) is 9.80 Å². The predicted octanol–water partition coefficient (Wildman–Crippen LogP) is 1.17. The lowest BCUT2D eigenvalue weighted by molar-refractivity contribution is -0.00263. The van der Waals surface area contributed by atoms with Gasteiger partial charge in [-0.25, -0.2) is 0 Å². The van der Waals surface area contributed by atoms with Crippen molar-refractivity contribution in [3.8, 4) is 0 Å². The van der Waals surface area contributed by atoms with E-state index < -0.39 is 0 Å². The summed E-state index contributed by atoms with van der Waals surface area (Å²) in [4.78, 5) is 4.63. The Morgan fingerprint density at radius 1 is 1.20 bits per heavy atom. The van der Waals surface area contributed by atoms with Crippen molar-refractivity contribution in [2.24, 2.45) is 0 Å². The minimum Gasteiger partial charge on any atom is -0.392 e. The van der Waals surface area contributed by atoms with Crippen molar-refractivity contribution in [3.05, 3.63) is 0 Å². The summed E-state index contributed by atoms with van der Waals surface area (Å²) in [7, 11) is 6.45. The Labute approximate surface area is 94.1 Å². The summed E-state index contributed by atoms with van der Waals surface area (Å²) in [5.41, 5.74) is 0.359. The first-order valence-electron chi connectivity index (χ1n) is 5.95. The van der Waals surface area contributed by atoms with E-state index in [1.807, 2.05) is 6.92 Å². The number of hydrogen-bond acceptors (Lipinski definition) is 3. The van der Waals surface area contributed by atoms with Crippen molar-refractivity contribution < 1.29 is 5.11 Å². The van der Waals surface area contributed by atoms with Crippen LogP contribution in [-0.4, -0.2) is 60.3 Å². The molecule has 1 saturated carbocycles. The van der Waals surface area contributed by atoms with Crippen LogP contribution in [0.3, 0.4) is 0 Å². The lowest BCUT2D eigenvalue weighted by atomic mass is 9.75. The molecule has 2 atom stereocenters. The van der Waals surface area contributed by atoms with Gasteiger partial charge in [0.1, 0.15) is 0 Å². The molecule has 0 saturated heterocycles. The second kappa shape index (κ2) is 4.81. The second-order valence-electron chi connectivity index (χ2n) is 5.37. The molecule has 0 amide bonds. The Hall–Kier alpha value is -0.120. The third-order valence-electron chi connectivity index (χ3n) is 4.17. The molecular weight excluding hydrogens is 188 g/mol. The van der Waals surface area contributed by atoms with Crippen LogP contribution in [0.15, 0.2) is 0 Å². The number of hydrogen-bond donors (Lipinski definition) is 1. The predicted molar refractivity (Wildman–Crippen MR) is 64.0 cm³/mol. The highest BCUT2D eigenvalue weighted by Gasteiger charge is 2.40. The van der Waals surface area contributed by atoms with E-state index in [0.717, 1.165) is 6.54 Å². The Bertz CT molecular complexity index is 200. The summed E-state index contributed by atoms with van der Waals surface area (Å²) in [6.45, 7) is 5.02. The topological polar surface area (TPSA) is 26.7 Å². The average Bonchev–Trinajstić information content (AvgIpc) is 2.08. The number of aliphatic hydroxyl groups is 1. The molecule has 0 aromatic heterocycles. The highest BCUT2D eigenvalue weighted by Crippen LogP contribution is 2.36. The number of rotatable bonds is 5. The van der Waals surface area contributed by atoms with Crippen LogP contribution < -0.4 is 0 Å². The Morgan fingerprint density at radius 3 is 2.00 bits per heavy atom. The van der Waals surface area contributed by atoms with Crippen molar-refractivity contribution in [1.29, 1.82) is 0 Å². The molecule has 0 aromatic carbocycles. The molecule has 3 heteroatoms. The number of likely N-dealkylation sites (N-methyl/N-ethyl adjacent to an activating group) is 2. The third-order valence-corrected chi connectivity index (χ3v) is 4.17. The zero-order chi connectivity index (χ0) is 11.6. The van der Waals surface area contributed by atoms with E-state index in [0.29, 0.717) is 5.54 Å². The number of nitrogens with zero attached hydrogens (tertiary/aromatic N) is 2. The van der Waals surface area contributed by atoms with Crippen LogP contribution in [-0.2, 0) is 0 Å². The van der Waals surface area contributed by atoms with Gasteiger partial charge in [-0.05, 0) is 54.3 Å². The standard InChI is InChI=1S/C12H26N2O/c1-10(11(2)15)14(5)9-12(13(3)4)7-6-8-12/h10-11,15H,6-9H2,1-5H3. The van der Waals surface area contributed by atoms with Gasteiger partial charge in [-0.2, -0.15) is 0 Å². The van der Waals surface area contributed by atoms with Crippen molar-refractivity contribution in [2.45, 2.75) is 50.8 Å². The van der Waals surface area contributed by atoms with E-state index in [1.54, 1.807) is 0 Å². The second-order valence-corrected chi connectivity index (χ2v) is 5.37. The average molecular weight is 214 g/mol. The quantitative estimate of drug-likeness (QED) is 0.744. The minimum atomic E-state index is -0.255. The Balaban J connectivity index is 2.52. The molecular formula is C12H26N2O. The monoisotopic (exact) mass is 214 g/mol. The fourth-order valence-electron chi connectivity index (χ4n) is 2.31. The first-order chi connectivity index (χ1) is 6.89. The maximum Gasteiger partial charge on any atom is 0.0664 e. The maximum atomic E-state index is 9.56. The van der Waals surface area contributed by atoms with Gasteiger partial charge in [0, 0.05) is 18.1 Å². The molecule has 0 aliphatic heterocycles. The lowest BCUT2D eigenvalue weighted by Gasteiger charge is -2.50. The lowest BCUT2D eigenvalue weighted by Crippen LogP contribution is -2.58. The molecule has 1 rings (SSSR count). The molecule has 0 heterocycles. The van der Waals surface area contributed by atoms with Crippen LogP contribution in [0.1, 0.15) is 33.1 Å². The summed E-state index contributed by atoms with van der Waals surface area (Å²) in [5.74, 6) is 0. The Morgan fingerprint density at radius 2 is 1.73 bits per heavy atom. The molecule has 0 spiro atoms. The van der Waals surface area contributed by atoms with Crippen LogP contribution in [0.25, 0.3) is 0 Å². The van der Waals surface area contributed by atoms with Crippen LogP contribution in [0, 0.1) is 0 Å². The van der Waals surface area contributed by atoms with Gasteiger partial charge < -0.3 is 10.0 Å². The summed E-state index contributed by atoms with van der Waals surface area (Å²) in [6, 6.07) is 0.238. The van der Waals surface area contributed by atoms with Gasteiger partial charge in [0.25, 0.3) is 0 Å². The highest BCUT2D eigenvalue weighted by molar-refractivity contribution is 4.98. The van der Waals surface area contributed by atoms with E-state index in [9.17, 15) is 5.11 Å². The van der Waals surface area contributed by atoms with E-state index in [-0.39, 0.29) is 12.1 Å². The SMILES string of the molecule is CC(O)C(C)N(C)CC1(N(C)C)CCC1. The minimum absolute atomic E-state index is 0.238. The van der Waals surface area contributed by atoms with Gasteiger partial charge >= 0.3 is 0 Å². The summed E-state index contributed by atoms with van der Waals surface area (Å²) < 4.78 is 0. The summed E-state index contributed by atoms with van der Waals surface area (Å²) in [6.07, 6.45) is 3.66. The van der Waals surface area contributed by atoms with Gasteiger partial charge in [0.15, 0.2) is 0 Å².